The third-order valence-corrected chi connectivity index (χ3v) is 6.17. The molecule has 7 nitrogen and oxygen atoms in total. The van der Waals surface area contributed by atoms with Gasteiger partial charge in [0.25, 0.3) is 0 Å². The summed E-state index contributed by atoms with van der Waals surface area (Å²) in [7, 11) is 3.11. The number of rotatable bonds is 5. The number of amides is 1. The van der Waals surface area contributed by atoms with Crippen LogP contribution in [0.2, 0.25) is 0 Å². The number of pyridine rings is 1. The summed E-state index contributed by atoms with van der Waals surface area (Å²) in [6.07, 6.45) is -0.516. The minimum Gasteiger partial charge on any atom is -0.493 e. The third kappa shape index (κ3) is 4.48. The molecule has 0 radical (unpaired) electrons. The SMILES string of the molecule is CNC(=O)Oc1ccc(C(C)N2CCN(c3cc(C)c4ccccc4n3)CC2)cc1OC. The maximum atomic E-state index is 11.5. The van der Waals surface area contributed by atoms with E-state index in [9.17, 15) is 4.79 Å². The van der Waals surface area contributed by atoms with Crippen LogP contribution in [0.4, 0.5) is 10.6 Å². The van der Waals surface area contributed by atoms with Crippen LogP contribution in [0.5, 0.6) is 11.5 Å². The van der Waals surface area contributed by atoms with Gasteiger partial charge in [-0.3, -0.25) is 4.90 Å². The highest BCUT2D eigenvalue weighted by Gasteiger charge is 2.24. The first-order chi connectivity index (χ1) is 15.5. The average Bonchev–Trinajstić information content (AvgIpc) is 2.83. The number of methoxy groups -OCH3 is 1. The highest BCUT2D eigenvalue weighted by atomic mass is 16.6. The molecule has 1 unspecified atom stereocenters. The maximum absolute atomic E-state index is 11.5. The zero-order valence-corrected chi connectivity index (χ0v) is 19.1. The molecule has 2 heterocycles. The lowest BCUT2D eigenvalue weighted by molar-refractivity contribution is 0.196. The van der Waals surface area contributed by atoms with Gasteiger partial charge in [-0.1, -0.05) is 24.3 Å². The predicted molar refractivity (Wildman–Crippen MR) is 127 cm³/mol. The van der Waals surface area contributed by atoms with Crippen molar-refractivity contribution in [1.29, 1.82) is 0 Å². The number of fused-ring (bicyclic) bond motifs is 1. The Hall–Kier alpha value is -3.32. The molecule has 168 valence electrons. The monoisotopic (exact) mass is 434 g/mol. The summed E-state index contributed by atoms with van der Waals surface area (Å²) in [4.78, 5) is 21.3. The number of aryl methyl sites for hydroxylation is 1. The minimum atomic E-state index is -0.516. The lowest BCUT2D eigenvalue weighted by atomic mass is 10.0. The van der Waals surface area contributed by atoms with Crippen molar-refractivity contribution in [1.82, 2.24) is 15.2 Å². The summed E-state index contributed by atoms with van der Waals surface area (Å²) in [6.45, 7) is 8.06. The quantitative estimate of drug-likeness (QED) is 0.651. The van der Waals surface area contributed by atoms with Crippen molar-refractivity contribution in [3.8, 4) is 11.5 Å². The van der Waals surface area contributed by atoms with Crippen LogP contribution in [-0.4, -0.2) is 56.3 Å². The molecular weight excluding hydrogens is 404 g/mol. The number of carbonyl (C=O) groups excluding carboxylic acids is 1. The molecule has 3 aromatic rings. The summed E-state index contributed by atoms with van der Waals surface area (Å²) in [5, 5.41) is 3.66. The molecule has 1 amide bonds. The molecule has 0 spiro atoms. The zero-order chi connectivity index (χ0) is 22.7. The lowest BCUT2D eigenvalue weighted by Gasteiger charge is -2.39. The van der Waals surface area contributed by atoms with Crippen LogP contribution in [0.25, 0.3) is 10.9 Å². The highest BCUT2D eigenvalue weighted by Crippen LogP contribution is 2.33. The van der Waals surface area contributed by atoms with E-state index in [1.54, 1.807) is 13.2 Å². The van der Waals surface area contributed by atoms with Crippen LogP contribution in [0.15, 0.2) is 48.5 Å². The molecule has 0 bridgehead atoms. The fourth-order valence-electron chi connectivity index (χ4n) is 4.22. The van der Waals surface area contributed by atoms with Gasteiger partial charge in [-0.05, 0) is 49.2 Å². The second kappa shape index (κ2) is 9.44. The average molecular weight is 435 g/mol. The van der Waals surface area contributed by atoms with E-state index in [0.29, 0.717) is 11.5 Å². The van der Waals surface area contributed by atoms with Gasteiger partial charge in [0.15, 0.2) is 11.5 Å². The number of carbonyl (C=O) groups is 1. The molecule has 1 aromatic heterocycles. The van der Waals surface area contributed by atoms with E-state index in [2.05, 4.69) is 53.2 Å². The number of ether oxygens (including phenoxy) is 2. The topological polar surface area (TPSA) is 66.9 Å². The number of nitrogens with zero attached hydrogens (tertiary/aromatic N) is 3. The Bertz CT molecular complexity index is 1110. The van der Waals surface area contributed by atoms with E-state index >= 15 is 0 Å². The molecule has 1 atom stereocenters. The highest BCUT2D eigenvalue weighted by molar-refractivity contribution is 5.83. The van der Waals surface area contributed by atoms with E-state index in [0.717, 1.165) is 43.1 Å². The standard InChI is InChI=1S/C25H30N4O3/c1-17-15-24(27-21-8-6-5-7-20(17)21)29-13-11-28(12-14-29)18(2)19-9-10-22(23(16-19)31-4)32-25(30)26-3/h5-10,15-16,18H,11-14H2,1-4H3,(H,26,30). The molecule has 1 aliphatic heterocycles. The Balaban J connectivity index is 1.44. The normalized spacial score (nSPS) is 15.4. The number of aromatic nitrogens is 1. The number of para-hydroxylation sites is 1. The maximum Gasteiger partial charge on any atom is 0.412 e. The number of benzene rings is 2. The number of hydrogen-bond donors (Lipinski definition) is 1. The van der Waals surface area contributed by atoms with Crippen molar-refractivity contribution >= 4 is 22.8 Å². The van der Waals surface area contributed by atoms with E-state index in [-0.39, 0.29) is 6.04 Å². The number of piperazine rings is 1. The Morgan fingerprint density at radius 2 is 1.81 bits per heavy atom. The molecule has 4 rings (SSSR count). The second-order valence-corrected chi connectivity index (χ2v) is 8.06. The van der Waals surface area contributed by atoms with E-state index in [4.69, 9.17) is 14.5 Å². The van der Waals surface area contributed by atoms with Gasteiger partial charge in [-0.2, -0.15) is 0 Å². The van der Waals surface area contributed by atoms with Gasteiger partial charge >= 0.3 is 6.09 Å². The van der Waals surface area contributed by atoms with Crippen molar-refractivity contribution in [3.05, 3.63) is 59.7 Å². The van der Waals surface area contributed by atoms with Crippen LogP contribution in [0.3, 0.4) is 0 Å². The molecule has 1 N–H and O–H groups in total. The van der Waals surface area contributed by atoms with Crippen LogP contribution in [0, 0.1) is 6.92 Å². The summed E-state index contributed by atoms with van der Waals surface area (Å²) in [5.74, 6) is 2.00. The van der Waals surface area contributed by atoms with E-state index in [1.165, 1.54) is 18.0 Å². The zero-order valence-electron chi connectivity index (χ0n) is 19.1. The smallest absolute Gasteiger partial charge is 0.412 e. The van der Waals surface area contributed by atoms with Gasteiger partial charge < -0.3 is 19.7 Å². The fourth-order valence-corrected chi connectivity index (χ4v) is 4.22. The van der Waals surface area contributed by atoms with E-state index < -0.39 is 6.09 Å². The second-order valence-electron chi connectivity index (χ2n) is 8.06. The van der Waals surface area contributed by atoms with Crippen molar-refractivity contribution in [2.45, 2.75) is 19.9 Å². The Kier molecular flexibility index (Phi) is 6.46. The van der Waals surface area contributed by atoms with Gasteiger partial charge in [0.05, 0.1) is 12.6 Å². The summed E-state index contributed by atoms with van der Waals surface area (Å²) < 4.78 is 10.7. The van der Waals surface area contributed by atoms with Gasteiger partial charge in [0, 0.05) is 44.7 Å². The number of hydrogen-bond acceptors (Lipinski definition) is 6. The Morgan fingerprint density at radius 3 is 2.53 bits per heavy atom. The Labute approximate surface area is 188 Å². The third-order valence-electron chi connectivity index (χ3n) is 6.17. The minimum absolute atomic E-state index is 0.214. The summed E-state index contributed by atoms with van der Waals surface area (Å²) in [6, 6.07) is 16.4. The van der Waals surface area contributed by atoms with E-state index in [1.807, 2.05) is 18.2 Å². The molecule has 1 fully saturated rings. The van der Waals surface area contributed by atoms with Gasteiger partial charge in [0.1, 0.15) is 5.82 Å². The molecule has 7 heteroatoms. The predicted octanol–water partition coefficient (Wildman–Crippen LogP) is 4.15. The molecular formula is C25H30N4O3. The largest absolute Gasteiger partial charge is 0.493 e. The van der Waals surface area contributed by atoms with Gasteiger partial charge in [-0.15, -0.1) is 0 Å². The first-order valence-corrected chi connectivity index (χ1v) is 10.9. The summed E-state index contributed by atoms with van der Waals surface area (Å²) >= 11 is 0. The molecule has 0 saturated carbocycles. The van der Waals surface area contributed by atoms with Crippen LogP contribution in [-0.2, 0) is 0 Å². The lowest BCUT2D eigenvalue weighted by Crippen LogP contribution is -2.47. The number of nitrogens with one attached hydrogen (secondary N) is 1. The van der Waals surface area contributed by atoms with Gasteiger partial charge in [-0.25, -0.2) is 9.78 Å². The first-order valence-electron chi connectivity index (χ1n) is 10.9. The van der Waals surface area contributed by atoms with Crippen molar-refractivity contribution in [3.63, 3.8) is 0 Å². The van der Waals surface area contributed by atoms with Crippen LogP contribution in [0.1, 0.15) is 24.1 Å². The van der Waals surface area contributed by atoms with Crippen molar-refractivity contribution in [2.24, 2.45) is 0 Å². The van der Waals surface area contributed by atoms with Crippen LogP contribution >= 0.6 is 0 Å². The fraction of sp³-hybridized carbons (Fsp3) is 0.360. The number of anilines is 1. The van der Waals surface area contributed by atoms with Gasteiger partial charge in [0.2, 0.25) is 0 Å². The molecule has 0 aliphatic carbocycles. The molecule has 1 saturated heterocycles. The molecule has 32 heavy (non-hydrogen) atoms. The Morgan fingerprint density at radius 1 is 1.06 bits per heavy atom. The van der Waals surface area contributed by atoms with Crippen LogP contribution < -0.4 is 19.7 Å². The molecule has 1 aliphatic rings. The van der Waals surface area contributed by atoms with Crippen molar-refractivity contribution < 1.29 is 14.3 Å². The molecule has 2 aromatic carbocycles. The summed E-state index contributed by atoms with van der Waals surface area (Å²) in [5.41, 5.74) is 3.43. The first kappa shape index (κ1) is 21.9. The van der Waals surface area contributed by atoms with Crippen molar-refractivity contribution in [2.75, 3.05) is 45.2 Å².